The third-order valence-electron chi connectivity index (χ3n) is 4.27. The third kappa shape index (κ3) is 6.63. The molecule has 0 aliphatic heterocycles. The number of anilines is 2. The van der Waals surface area contributed by atoms with Crippen LogP contribution in [0.2, 0.25) is 0 Å². The van der Waals surface area contributed by atoms with E-state index in [0.29, 0.717) is 35.3 Å². The Morgan fingerprint density at radius 2 is 1.67 bits per heavy atom. The average Bonchev–Trinajstić information content (AvgIpc) is 2.71. The standard InChI is InChI=1S/C21H28N4O5/c1-14-6-8-22-18(10-14)24-20(27)13-25(2)9-7-19(26)23-15-11-16(28-3)21(30-5)17(12-15)29-4/h6,8,10-12H,7,9,13H2,1-5H3,(H,23,26)(H,22,24,27). The second-order valence-electron chi connectivity index (χ2n) is 6.72. The normalized spacial score (nSPS) is 10.5. The number of hydrogen-bond acceptors (Lipinski definition) is 7. The lowest BCUT2D eigenvalue weighted by Crippen LogP contribution is -2.32. The topological polar surface area (TPSA) is 102 Å². The molecule has 0 atom stereocenters. The van der Waals surface area contributed by atoms with Crippen molar-refractivity contribution in [2.75, 3.05) is 52.1 Å². The van der Waals surface area contributed by atoms with Crippen molar-refractivity contribution in [1.82, 2.24) is 9.88 Å². The Morgan fingerprint density at radius 1 is 1.00 bits per heavy atom. The minimum Gasteiger partial charge on any atom is -0.493 e. The number of hydrogen-bond donors (Lipinski definition) is 2. The van der Waals surface area contributed by atoms with E-state index in [2.05, 4.69) is 15.6 Å². The van der Waals surface area contributed by atoms with E-state index in [9.17, 15) is 9.59 Å². The van der Waals surface area contributed by atoms with E-state index in [1.807, 2.05) is 13.0 Å². The number of carbonyl (C=O) groups excluding carboxylic acids is 2. The van der Waals surface area contributed by atoms with Gasteiger partial charge in [0.2, 0.25) is 17.6 Å². The molecule has 1 aromatic heterocycles. The Bertz CT molecular complexity index is 862. The van der Waals surface area contributed by atoms with Gasteiger partial charge in [0.05, 0.1) is 27.9 Å². The predicted molar refractivity (Wildman–Crippen MR) is 114 cm³/mol. The fourth-order valence-corrected chi connectivity index (χ4v) is 2.78. The largest absolute Gasteiger partial charge is 0.493 e. The number of aryl methyl sites for hydroxylation is 1. The van der Waals surface area contributed by atoms with Gasteiger partial charge in [-0.2, -0.15) is 0 Å². The highest BCUT2D eigenvalue weighted by Gasteiger charge is 2.15. The van der Waals surface area contributed by atoms with Gasteiger partial charge in [0, 0.05) is 37.0 Å². The molecule has 2 aromatic rings. The van der Waals surface area contributed by atoms with Crippen LogP contribution in [0.3, 0.4) is 0 Å². The molecule has 9 heteroatoms. The van der Waals surface area contributed by atoms with E-state index in [1.54, 1.807) is 36.3 Å². The Balaban J connectivity index is 1.86. The Morgan fingerprint density at radius 3 is 2.23 bits per heavy atom. The summed E-state index contributed by atoms with van der Waals surface area (Å²) in [7, 11) is 6.31. The van der Waals surface area contributed by atoms with Crippen LogP contribution in [0.5, 0.6) is 17.2 Å². The lowest BCUT2D eigenvalue weighted by molar-refractivity contribution is -0.119. The molecule has 0 radical (unpaired) electrons. The third-order valence-corrected chi connectivity index (χ3v) is 4.27. The summed E-state index contributed by atoms with van der Waals surface area (Å²) in [6.07, 6.45) is 1.85. The number of ether oxygens (including phenoxy) is 3. The number of rotatable bonds is 10. The maximum atomic E-state index is 12.3. The second-order valence-corrected chi connectivity index (χ2v) is 6.72. The van der Waals surface area contributed by atoms with Crippen LogP contribution in [0.25, 0.3) is 0 Å². The van der Waals surface area contributed by atoms with Crippen molar-refractivity contribution in [2.24, 2.45) is 0 Å². The minimum absolute atomic E-state index is 0.146. The van der Waals surface area contributed by atoms with Crippen molar-refractivity contribution in [3.05, 3.63) is 36.0 Å². The van der Waals surface area contributed by atoms with Crippen LogP contribution >= 0.6 is 0 Å². The minimum atomic E-state index is -0.197. The molecular formula is C21H28N4O5. The van der Waals surface area contributed by atoms with Gasteiger partial charge in [0.25, 0.3) is 0 Å². The van der Waals surface area contributed by atoms with Crippen LogP contribution in [0.15, 0.2) is 30.5 Å². The van der Waals surface area contributed by atoms with Gasteiger partial charge in [-0.1, -0.05) is 0 Å². The number of methoxy groups -OCH3 is 3. The highest BCUT2D eigenvalue weighted by Crippen LogP contribution is 2.39. The zero-order chi connectivity index (χ0) is 22.1. The van der Waals surface area contributed by atoms with Crippen molar-refractivity contribution in [1.29, 1.82) is 0 Å². The SMILES string of the molecule is COc1cc(NC(=O)CCN(C)CC(=O)Nc2cc(C)ccn2)cc(OC)c1OC. The first-order chi connectivity index (χ1) is 14.4. The molecule has 0 aliphatic rings. The molecule has 2 N–H and O–H groups in total. The first-order valence-corrected chi connectivity index (χ1v) is 9.37. The Kier molecular flexibility index (Phi) is 8.42. The smallest absolute Gasteiger partial charge is 0.239 e. The van der Waals surface area contributed by atoms with E-state index in [4.69, 9.17) is 14.2 Å². The van der Waals surface area contributed by atoms with Gasteiger partial charge < -0.3 is 24.8 Å². The van der Waals surface area contributed by atoms with E-state index >= 15 is 0 Å². The average molecular weight is 416 g/mol. The highest BCUT2D eigenvalue weighted by molar-refractivity contribution is 5.92. The lowest BCUT2D eigenvalue weighted by atomic mass is 10.2. The summed E-state index contributed by atoms with van der Waals surface area (Å²) in [5, 5.41) is 5.55. The number of likely N-dealkylation sites (N-methyl/N-ethyl adjacent to an activating group) is 1. The number of nitrogens with zero attached hydrogens (tertiary/aromatic N) is 2. The molecule has 0 spiro atoms. The number of benzene rings is 1. The summed E-state index contributed by atoms with van der Waals surface area (Å²) in [6, 6.07) is 6.97. The molecule has 2 amide bonds. The molecular weight excluding hydrogens is 388 g/mol. The van der Waals surface area contributed by atoms with Crippen LogP contribution in [-0.2, 0) is 9.59 Å². The maximum absolute atomic E-state index is 12.3. The van der Waals surface area contributed by atoms with Crippen LogP contribution < -0.4 is 24.8 Å². The zero-order valence-electron chi connectivity index (χ0n) is 17.9. The van der Waals surface area contributed by atoms with E-state index in [1.165, 1.54) is 21.3 Å². The predicted octanol–water partition coefficient (Wildman–Crippen LogP) is 2.31. The molecule has 0 saturated heterocycles. The molecule has 0 bridgehead atoms. The van der Waals surface area contributed by atoms with Crippen molar-refractivity contribution >= 4 is 23.3 Å². The first kappa shape index (κ1) is 23.0. The molecule has 1 aromatic carbocycles. The zero-order valence-corrected chi connectivity index (χ0v) is 17.9. The molecule has 9 nitrogen and oxygen atoms in total. The summed E-state index contributed by atoms with van der Waals surface area (Å²) in [4.78, 5) is 30.3. The van der Waals surface area contributed by atoms with Crippen LogP contribution in [-0.4, -0.2) is 63.2 Å². The molecule has 0 saturated carbocycles. The summed E-state index contributed by atoms with van der Waals surface area (Å²) in [6.45, 7) is 2.48. The number of aromatic nitrogens is 1. The van der Waals surface area contributed by atoms with Gasteiger partial charge in [-0.15, -0.1) is 0 Å². The van der Waals surface area contributed by atoms with Gasteiger partial charge in [0.15, 0.2) is 11.5 Å². The van der Waals surface area contributed by atoms with Gasteiger partial charge in [-0.05, 0) is 31.7 Å². The molecule has 0 aliphatic carbocycles. The van der Waals surface area contributed by atoms with Crippen molar-refractivity contribution < 1.29 is 23.8 Å². The van der Waals surface area contributed by atoms with E-state index in [0.717, 1.165) is 5.56 Å². The van der Waals surface area contributed by atoms with Crippen LogP contribution in [0.1, 0.15) is 12.0 Å². The molecule has 1 heterocycles. The van der Waals surface area contributed by atoms with E-state index in [-0.39, 0.29) is 24.8 Å². The van der Waals surface area contributed by atoms with Gasteiger partial charge in [-0.25, -0.2) is 4.98 Å². The Labute approximate surface area is 176 Å². The van der Waals surface area contributed by atoms with Crippen molar-refractivity contribution in [2.45, 2.75) is 13.3 Å². The lowest BCUT2D eigenvalue weighted by Gasteiger charge is -2.17. The van der Waals surface area contributed by atoms with Gasteiger partial charge in [0.1, 0.15) is 5.82 Å². The number of amides is 2. The van der Waals surface area contributed by atoms with Gasteiger partial charge >= 0.3 is 0 Å². The first-order valence-electron chi connectivity index (χ1n) is 9.37. The highest BCUT2D eigenvalue weighted by atomic mass is 16.5. The molecule has 0 fully saturated rings. The maximum Gasteiger partial charge on any atom is 0.239 e. The summed E-state index contributed by atoms with van der Waals surface area (Å²) < 4.78 is 15.8. The van der Waals surface area contributed by atoms with E-state index < -0.39 is 0 Å². The molecule has 30 heavy (non-hydrogen) atoms. The van der Waals surface area contributed by atoms with Crippen LogP contribution in [0.4, 0.5) is 11.5 Å². The van der Waals surface area contributed by atoms with Crippen molar-refractivity contribution in [3.8, 4) is 17.2 Å². The van der Waals surface area contributed by atoms with Crippen LogP contribution in [0, 0.1) is 6.92 Å². The molecule has 2 rings (SSSR count). The monoisotopic (exact) mass is 416 g/mol. The summed E-state index contributed by atoms with van der Waals surface area (Å²) >= 11 is 0. The fraction of sp³-hybridized carbons (Fsp3) is 0.381. The summed E-state index contributed by atoms with van der Waals surface area (Å²) in [5.74, 6) is 1.47. The quantitative estimate of drug-likeness (QED) is 0.613. The number of pyridine rings is 1. The number of nitrogens with one attached hydrogen (secondary N) is 2. The van der Waals surface area contributed by atoms with Crippen molar-refractivity contribution in [3.63, 3.8) is 0 Å². The number of carbonyl (C=O) groups is 2. The van der Waals surface area contributed by atoms with Gasteiger partial charge in [-0.3, -0.25) is 14.5 Å². The molecule has 0 unspecified atom stereocenters. The Hall–Kier alpha value is -3.33. The molecule has 162 valence electrons. The fourth-order valence-electron chi connectivity index (χ4n) is 2.78. The second kappa shape index (κ2) is 11.0. The summed E-state index contributed by atoms with van der Waals surface area (Å²) in [5.41, 5.74) is 1.54.